The van der Waals surface area contributed by atoms with Crippen molar-refractivity contribution in [3.05, 3.63) is 11.8 Å². The number of nitrogens with zero attached hydrogens (tertiary/aromatic N) is 3. The molecule has 0 spiro atoms. The summed E-state index contributed by atoms with van der Waals surface area (Å²) in [5.74, 6) is 2.28. The lowest BCUT2D eigenvalue weighted by Gasteiger charge is -2.32. The van der Waals surface area contributed by atoms with E-state index in [-0.39, 0.29) is 12.1 Å². The minimum atomic E-state index is -0.160. The Kier molecular flexibility index (Phi) is 5.76. The van der Waals surface area contributed by atoms with Gasteiger partial charge in [0, 0.05) is 13.0 Å². The van der Waals surface area contributed by atoms with E-state index in [1.54, 1.807) is 0 Å². The summed E-state index contributed by atoms with van der Waals surface area (Å²) in [4.78, 5) is 2.21. The van der Waals surface area contributed by atoms with Gasteiger partial charge in [-0.1, -0.05) is 26.7 Å². The summed E-state index contributed by atoms with van der Waals surface area (Å²) in [5.41, 5.74) is 0. The summed E-state index contributed by atoms with van der Waals surface area (Å²) < 4.78 is 5.77. The van der Waals surface area contributed by atoms with Gasteiger partial charge in [-0.05, 0) is 38.6 Å². The molecule has 1 saturated carbocycles. The van der Waals surface area contributed by atoms with Gasteiger partial charge in [-0.3, -0.25) is 4.90 Å². The number of rotatable bonds is 6. The van der Waals surface area contributed by atoms with Crippen LogP contribution in [0.15, 0.2) is 4.42 Å². The zero-order chi connectivity index (χ0) is 15.4. The van der Waals surface area contributed by atoms with E-state index in [0.29, 0.717) is 17.7 Å². The van der Waals surface area contributed by atoms with Crippen LogP contribution in [0.4, 0.5) is 0 Å². The molecule has 1 aliphatic rings. The van der Waals surface area contributed by atoms with Crippen LogP contribution >= 0.6 is 0 Å². The molecule has 0 amide bonds. The van der Waals surface area contributed by atoms with Crippen molar-refractivity contribution in [2.45, 2.75) is 65.0 Å². The van der Waals surface area contributed by atoms with E-state index in [1.807, 2.05) is 0 Å². The van der Waals surface area contributed by atoms with Gasteiger partial charge in [0.25, 0.3) is 0 Å². The lowest BCUT2D eigenvalue weighted by atomic mass is 9.86. The molecule has 1 N–H and O–H groups in total. The summed E-state index contributed by atoms with van der Waals surface area (Å²) in [6, 6.07) is 0.0903. The normalized spacial score (nSPS) is 24.7. The molecule has 3 atom stereocenters. The third-order valence-electron chi connectivity index (χ3n) is 4.48. The van der Waals surface area contributed by atoms with Gasteiger partial charge < -0.3 is 9.52 Å². The predicted octanol–water partition coefficient (Wildman–Crippen LogP) is 2.81. The van der Waals surface area contributed by atoms with Crippen LogP contribution < -0.4 is 0 Å². The van der Waals surface area contributed by atoms with Crippen LogP contribution in [0.5, 0.6) is 0 Å². The van der Waals surface area contributed by atoms with Crippen molar-refractivity contribution < 1.29 is 9.52 Å². The van der Waals surface area contributed by atoms with Gasteiger partial charge in [0.2, 0.25) is 11.8 Å². The topological polar surface area (TPSA) is 62.4 Å². The highest BCUT2D eigenvalue weighted by molar-refractivity contribution is 4.90. The molecule has 5 heteroatoms. The quantitative estimate of drug-likeness (QED) is 0.874. The molecule has 1 aromatic rings. The maximum Gasteiger partial charge on any atom is 0.233 e. The molecule has 0 radical (unpaired) electrons. The second kappa shape index (κ2) is 7.36. The van der Waals surface area contributed by atoms with Crippen LogP contribution in [0.2, 0.25) is 0 Å². The fourth-order valence-corrected chi connectivity index (χ4v) is 2.98. The highest BCUT2D eigenvalue weighted by atomic mass is 16.4. The molecule has 3 unspecified atom stereocenters. The second-order valence-electron chi connectivity index (χ2n) is 6.86. The minimum absolute atomic E-state index is 0.0903. The molecule has 0 bridgehead atoms. The molecule has 0 saturated heterocycles. The summed E-state index contributed by atoms with van der Waals surface area (Å²) in [7, 11) is 2.07. The van der Waals surface area contributed by atoms with Crippen molar-refractivity contribution in [3.8, 4) is 0 Å². The zero-order valence-corrected chi connectivity index (χ0v) is 13.7. The highest BCUT2D eigenvalue weighted by Gasteiger charge is 2.27. The second-order valence-corrected chi connectivity index (χ2v) is 6.86. The Morgan fingerprint density at radius 3 is 2.62 bits per heavy atom. The van der Waals surface area contributed by atoms with Crippen molar-refractivity contribution in [3.63, 3.8) is 0 Å². The van der Waals surface area contributed by atoms with E-state index in [1.165, 1.54) is 6.42 Å². The lowest BCUT2D eigenvalue weighted by Crippen LogP contribution is -2.36. The smallest absolute Gasteiger partial charge is 0.233 e. The van der Waals surface area contributed by atoms with Crippen molar-refractivity contribution >= 4 is 0 Å². The van der Waals surface area contributed by atoms with Crippen molar-refractivity contribution in [2.24, 2.45) is 11.8 Å². The standard InChI is InChI=1S/C16H29N3O2/c1-11(2)9-15-17-18-16(21-15)12(3)19(4)10-13-7-5-6-8-14(13)20/h11-14,20H,5-10H2,1-4H3. The van der Waals surface area contributed by atoms with Gasteiger partial charge >= 0.3 is 0 Å². The minimum Gasteiger partial charge on any atom is -0.424 e. The van der Waals surface area contributed by atoms with E-state index in [4.69, 9.17) is 4.42 Å². The van der Waals surface area contributed by atoms with E-state index in [9.17, 15) is 5.11 Å². The van der Waals surface area contributed by atoms with Crippen LogP contribution in [0.25, 0.3) is 0 Å². The number of aromatic nitrogens is 2. The Morgan fingerprint density at radius 1 is 1.24 bits per heavy atom. The largest absolute Gasteiger partial charge is 0.424 e. The van der Waals surface area contributed by atoms with Crippen molar-refractivity contribution in [2.75, 3.05) is 13.6 Å². The average Bonchev–Trinajstić information content (AvgIpc) is 2.88. The van der Waals surface area contributed by atoms with Crippen molar-refractivity contribution in [1.29, 1.82) is 0 Å². The summed E-state index contributed by atoms with van der Waals surface area (Å²) in [6.07, 6.45) is 5.09. The van der Waals surface area contributed by atoms with Gasteiger partial charge in [0.15, 0.2) is 0 Å². The molecule has 0 aliphatic heterocycles. The molecule has 1 heterocycles. The van der Waals surface area contributed by atoms with Crippen molar-refractivity contribution in [1.82, 2.24) is 15.1 Å². The van der Waals surface area contributed by atoms with Crippen LogP contribution in [-0.4, -0.2) is 39.9 Å². The molecule has 1 aromatic heterocycles. The molecule has 120 valence electrons. The Balaban J connectivity index is 1.91. The van der Waals surface area contributed by atoms with Gasteiger partial charge in [-0.25, -0.2) is 0 Å². The molecular weight excluding hydrogens is 266 g/mol. The predicted molar refractivity (Wildman–Crippen MR) is 81.8 cm³/mol. The first-order valence-electron chi connectivity index (χ1n) is 8.18. The maximum absolute atomic E-state index is 10.1. The lowest BCUT2D eigenvalue weighted by molar-refractivity contribution is 0.0420. The van der Waals surface area contributed by atoms with Crippen LogP contribution in [0.1, 0.15) is 64.3 Å². The fourth-order valence-electron chi connectivity index (χ4n) is 2.98. The Morgan fingerprint density at radius 2 is 1.95 bits per heavy atom. The Bertz CT molecular complexity index is 433. The molecule has 2 rings (SSSR count). The van der Waals surface area contributed by atoms with E-state index in [2.05, 4.69) is 42.9 Å². The van der Waals surface area contributed by atoms with Gasteiger partial charge in [0.1, 0.15) is 0 Å². The number of aliphatic hydroxyl groups is 1. The first-order chi connectivity index (χ1) is 9.97. The molecule has 21 heavy (non-hydrogen) atoms. The number of hydrogen-bond acceptors (Lipinski definition) is 5. The van der Waals surface area contributed by atoms with Gasteiger partial charge in [0.05, 0.1) is 12.1 Å². The fraction of sp³-hybridized carbons (Fsp3) is 0.875. The molecule has 0 aromatic carbocycles. The molecule has 1 fully saturated rings. The summed E-state index contributed by atoms with van der Waals surface area (Å²) >= 11 is 0. The SMILES string of the molecule is CC(C)Cc1nnc(C(C)N(C)CC2CCCCC2O)o1. The molecule has 1 aliphatic carbocycles. The van der Waals surface area contributed by atoms with Crippen LogP contribution in [-0.2, 0) is 6.42 Å². The van der Waals surface area contributed by atoms with Crippen LogP contribution in [0.3, 0.4) is 0 Å². The number of hydrogen-bond donors (Lipinski definition) is 1. The third-order valence-corrected chi connectivity index (χ3v) is 4.48. The molecule has 5 nitrogen and oxygen atoms in total. The number of aliphatic hydroxyl groups excluding tert-OH is 1. The monoisotopic (exact) mass is 295 g/mol. The highest BCUT2D eigenvalue weighted by Crippen LogP contribution is 2.27. The van der Waals surface area contributed by atoms with E-state index in [0.717, 1.165) is 38.1 Å². The first-order valence-corrected chi connectivity index (χ1v) is 8.18. The van der Waals surface area contributed by atoms with E-state index < -0.39 is 0 Å². The van der Waals surface area contributed by atoms with Gasteiger partial charge in [-0.15, -0.1) is 10.2 Å². The van der Waals surface area contributed by atoms with Crippen LogP contribution in [0, 0.1) is 11.8 Å². The first kappa shape index (κ1) is 16.4. The third kappa shape index (κ3) is 4.51. The average molecular weight is 295 g/mol. The summed E-state index contributed by atoms with van der Waals surface area (Å²) in [5, 5.41) is 18.4. The Hall–Kier alpha value is -0.940. The van der Waals surface area contributed by atoms with Gasteiger partial charge in [-0.2, -0.15) is 0 Å². The zero-order valence-electron chi connectivity index (χ0n) is 13.7. The Labute approximate surface area is 127 Å². The molecular formula is C16H29N3O2. The summed E-state index contributed by atoms with van der Waals surface area (Å²) in [6.45, 7) is 7.25. The maximum atomic E-state index is 10.1. The van der Waals surface area contributed by atoms with E-state index >= 15 is 0 Å².